The quantitative estimate of drug-likeness (QED) is 0.694. The lowest BCUT2D eigenvalue weighted by Gasteiger charge is -2.10. The highest BCUT2D eigenvalue weighted by molar-refractivity contribution is 6.13. The number of ketones is 1. The van der Waals surface area contributed by atoms with Crippen LogP contribution in [-0.2, 0) is 0 Å². The standard InChI is InChI=1S/C15H9N7O2/c1-24-9-4-2-8(3-5-9)13(23)12-10(6-16)14(18)22-15(11(12)7-17)19-20-21-22/h2-5H,18H2,1H3. The van der Waals surface area contributed by atoms with Crippen LogP contribution in [0.3, 0.4) is 0 Å². The van der Waals surface area contributed by atoms with E-state index in [0.29, 0.717) is 5.75 Å². The van der Waals surface area contributed by atoms with Gasteiger partial charge in [-0.15, -0.1) is 5.10 Å². The predicted molar refractivity (Wildman–Crippen MR) is 81.1 cm³/mol. The SMILES string of the molecule is COc1ccc(C(=O)c2c(C#N)c(N)n3nnnc3c2C#N)cc1. The van der Waals surface area contributed by atoms with Crippen LogP contribution in [0.4, 0.5) is 5.82 Å². The van der Waals surface area contributed by atoms with Crippen molar-refractivity contribution >= 4 is 17.2 Å². The van der Waals surface area contributed by atoms with Gasteiger partial charge >= 0.3 is 0 Å². The number of hydrogen-bond acceptors (Lipinski definition) is 8. The van der Waals surface area contributed by atoms with Crippen LogP contribution in [0.2, 0.25) is 0 Å². The summed E-state index contributed by atoms with van der Waals surface area (Å²) in [7, 11) is 1.51. The van der Waals surface area contributed by atoms with Crippen LogP contribution in [0.15, 0.2) is 24.3 Å². The van der Waals surface area contributed by atoms with E-state index in [0.717, 1.165) is 4.52 Å². The van der Waals surface area contributed by atoms with Crippen LogP contribution >= 0.6 is 0 Å². The second-order valence-corrected chi connectivity index (χ2v) is 4.71. The number of carbonyl (C=O) groups is 1. The average Bonchev–Trinajstić information content (AvgIpc) is 3.11. The third kappa shape index (κ3) is 2.09. The number of hydrogen-bond donors (Lipinski definition) is 1. The lowest BCUT2D eigenvalue weighted by molar-refractivity contribution is 0.103. The molecule has 0 aliphatic carbocycles. The molecular formula is C15H9N7O2. The fourth-order valence-corrected chi connectivity index (χ4v) is 2.31. The summed E-state index contributed by atoms with van der Waals surface area (Å²) in [5.74, 6) is -0.0551. The number of pyridine rings is 1. The van der Waals surface area contributed by atoms with Gasteiger partial charge in [-0.2, -0.15) is 15.0 Å². The first-order valence-corrected chi connectivity index (χ1v) is 6.64. The van der Waals surface area contributed by atoms with E-state index in [4.69, 9.17) is 10.5 Å². The Kier molecular flexibility index (Phi) is 3.53. The van der Waals surface area contributed by atoms with Crippen molar-refractivity contribution in [3.8, 4) is 17.9 Å². The highest BCUT2D eigenvalue weighted by Crippen LogP contribution is 2.26. The Balaban J connectivity index is 2.30. The Morgan fingerprint density at radius 3 is 2.46 bits per heavy atom. The molecule has 0 spiro atoms. The molecule has 9 heteroatoms. The number of aromatic nitrogens is 4. The molecule has 0 bridgehead atoms. The van der Waals surface area contributed by atoms with E-state index in [2.05, 4.69) is 15.5 Å². The van der Waals surface area contributed by atoms with Crippen molar-refractivity contribution in [3.63, 3.8) is 0 Å². The second kappa shape index (κ2) is 5.66. The summed E-state index contributed by atoms with van der Waals surface area (Å²) in [6, 6.07) is 10.0. The molecule has 9 nitrogen and oxygen atoms in total. The summed E-state index contributed by atoms with van der Waals surface area (Å²) in [5, 5.41) is 29.6. The van der Waals surface area contributed by atoms with Gasteiger partial charge in [0.1, 0.15) is 34.8 Å². The molecule has 0 fully saturated rings. The van der Waals surface area contributed by atoms with E-state index in [1.807, 2.05) is 12.1 Å². The van der Waals surface area contributed by atoms with Crippen LogP contribution in [-0.4, -0.2) is 32.9 Å². The van der Waals surface area contributed by atoms with E-state index in [9.17, 15) is 15.3 Å². The van der Waals surface area contributed by atoms with Gasteiger partial charge in [0.2, 0.25) is 0 Å². The Labute approximate surface area is 135 Å². The molecule has 0 amide bonds. The van der Waals surface area contributed by atoms with E-state index in [-0.39, 0.29) is 33.7 Å². The number of nitriles is 2. The minimum Gasteiger partial charge on any atom is -0.497 e. The van der Waals surface area contributed by atoms with Gasteiger partial charge < -0.3 is 10.5 Å². The molecule has 2 N–H and O–H groups in total. The lowest BCUT2D eigenvalue weighted by atomic mass is 9.95. The molecule has 3 aromatic rings. The van der Waals surface area contributed by atoms with Gasteiger partial charge in [-0.3, -0.25) is 4.79 Å². The van der Waals surface area contributed by atoms with Crippen molar-refractivity contribution in [1.29, 1.82) is 10.5 Å². The van der Waals surface area contributed by atoms with Crippen LogP contribution in [0.25, 0.3) is 5.65 Å². The monoisotopic (exact) mass is 319 g/mol. The molecule has 116 valence electrons. The smallest absolute Gasteiger partial charge is 0.200 e. The minimum absolute atomic E-state index is 0.0193. The van der Waals surface area contributed by atoms with Gasteiger partial charge in [-0.05, 0) is 34.7 Å². The maximum Gasteiger partial charge on any atom is 0.200 e. The third-order valence-corrected chi connectivity index (χ3v) is 3.48. The Morgan fingerprint density at radius 1 is 1.21 bits per heavy atom. The number of methoxy groups -OCH3 is 1. The first-order chi connectivity index (χ1) is 11.6. The van der Waals surface area contributed by atoms with Crippen LogP contribution in [0.5, 0.6) is 5.75 Å². The van der Waals surface area contributed by atoms with Gasteiger partial charge in [0, 0.05) is 5.56 Å². The molecule has 0 saturated heterocycles. The number of nitrogens with zero attached hydrogens (tertiary/aromatic N) is 6. The van der Waals surface area contributed by atoms with Crippen molar-refractivity contribution in [2.75, 3.05) is 12.8 Å². The van der Waals surface area contributed by atoms with Crippen LogP contribution in [0, 0.1) is 22.7 Å². The van der Waals surface area contributed by atoms with Gasteiger partial charge in [0.15, 0.2) is 11.4 Å². The molecule has 24 heavy (non-hydrogen) atoms. The highest BCUT2D eigenvalue weighted by Gasteiger charge is 2.26. The fourth-order valence-electron chi connectivity index (χ4n) is 2.31. The van der Waals surface area contributed by atoms with Crippen molar-refractivity contribution < 1.29 is 9.53 Å². The van der Waals surface area contributed by atoms with Gasteiger partial charge in [0.25, 0.3) is 0 Å². The maximum atomic E-state index is 12.8. The first kappa shape index (κ1) is 14.9. The minimum atomic E-state index is -0.525. The summed E-state index contributed by atoms with van der Waals surface area (Å²) in [6.07, 6.45) is 0. The molecule has 0 aliphatic heterocycles. The zero-order valence-corrected chi connectivity index (χ0v) is 12.4. The summed E-state index contributed by atoms with van der Waals surface area (Å²) >= 11 is 0. The number of nitrogens with two attached hydrogens (primary N) is 1. The van der Waals surface area contributed by atoms with Crippen molar-refractivity contribution in [3.05, 3.63) is 46.5 Å². The van der Waals surface area contributed by atoms with Crippen molar-refractivity contribution in [2.24, 2.45) is 0 Å². The summed E-state index contributed by atoms with van der Waals surface area (Å²) in [4.78, 5) is 12.8. The first-order valence-electron chi connectivity index (χ1n) is 6.64. The second-order valence-electron chi connectivity index (χ2n) is 4.71. The molecule has 2 heterocycles. The highest BCUT2D eigenvalue weighted by atomic mass is 16.5. The topological polar surface area (TPSA) is 143 Å². The van der Waals surface area contributed by atoms with E-state index in [1.165, 1.54) is 19.2 Å². The predicted octanol–water partition coefficient (Wildman–Crippen LogP) is 0.689. The zero-order valence-electron chi connectivity index (χ0n) is 12.4. The number of benzene rings is 1. The van der Waals surface area contributed by atoms with Crippen molar-refractivity contribution in [2.45, 2.75) is 0 Å². The van der Waals surface area contributed by atoms with Crippen LogP contribution in [0.1, 0.15) is 27.0 Å². The average molecular weight is 319 g/mol. The van der Waals surface area contributed by atoms with Gasteiger partial charge in [-0.1, -0.05) is 0 Å². The number of nitrogen functional groups attached to an aromatic ring is 1. The molecule has 0 radical (unpaired) electrons. The molecule has 0 atom stereocenters. The Bertz CT molecular complexity index is 1040. The van der Waals surface area contributed by atoms with E-state index >= 15 is 0 Å². The number of ether oxygens (including phenoxy) is 1. The summed E-state index contributed by atoms with van der Waals surface area (Å²) in [5.41, 5.74) is 5.80. The number of tetrazole rings is 1. The maximum absolute atomic E-state index is 12.8. The normalized spacial score (nSPS) is 10.1. The Hall–Kier alpha value is -3.98. The molecule has 0 unspecified atom stereocenters. The van der Waals surface area contributed by atoms with Gasteiger partial charge in [-0.25, -0.2) is 0 Å². The number of rotatable bonds is 3. The molecule has 3 rings (SSSR count). The van der Waals surface area contributed by atoms with E-state index < -0.39 is 5.78 Å². The largest absolute Gasteiger partial charge is 0.497 e. The summed E-state index contributed by atoms with van der Waals surface area (Å²) in [6.45, 7) is 0. The fraction of sp³-hybridized carbons (Fsp3) is 0.0667. The van der Waals surface area contributed by atoms with Gasteiger partial charge in [0.05, 0.1) is 12.7 Å². The number of fused-ring (bicyclic) bond motifs is 1. The zero-order chi connectivity index (χ0) is 17.3. The molecular weight excluding hydrogens is 310 g/mol. The Morgan fingerprint density at radius 2 is 1.88 bits per heavy atom. The molecule has 1 aromatic carbocycles. The third-order valence-electron chi connectivity index (χ3n) is 3.48. The van der Waals surface area contributed by atoms with Crippen molar-refractivity contribution in [1.82, 2.24) is 20.0 Å². The summed E-state index contributed by atoms with van der Waals surface area (Å²) < 4.78 is 6.10. The molecule has 2 aromatic heterocycles. The number of anilines is 1. The van der Waals surface area contributed by atoms with E-state index in [1.54, 1.807) is 12.1 Å². The number of carbonyl (C=O) groups excluding carboxylic acids is 1. The lowest BCUT2D eigenvalue weighted by Crippen LogP contribution is -2.14. The molecule has 0 saturated carbocycles. The van der Waals surface area contributed by atoms with Crippen LogP contribution < -0.4 is 10.5 Å². The molecule has 0 aliphatic rings.